The number of anilines is 3. The quantitative estimate of drug-likeness (QED) is 0.349. The van der Waals surface area contributed by atoms with E-state index < -0.39 is 17.2 Å². The van der Waals surface area contributed by atoms with Crippen LogP contribution < -0.4 is 10.2 Å². The van der Waals surface area contributed by atoms with Crippen LogP contribution in [-0.4, -0.2) is 67.3 Å². The van der Waals surface area contributed by atoms with Crippen molar-refractivity contribution in [3.8, 4) is 11.3 Å². The summed E-state index contributed by atoms with van der Waals surface area (Å²) in [5, 5.41) is 3.01. The maximum atomic E-state index is 15.0. The third-order valence-corrected chi connectivity index (χ3v) is 7.35. The van der Waals surface area contributed by atoms with Crippen molar-refractivity contribution >= 4 is 34.6 Å². The number of piperazine rings is 1. The molecule has 1 amide bonds. The molecule has 5 heterocycles. The lowest BCUT2D eigenvalue weighted by Gasteiger charge is -2.36. The number of aromatic nitrogens is 5. The zero-order chi connectivity index (χ0) is 28.9. The van der Waals surface area contributed by atoms with Crippen LogP contribution in [-0.2, 0) is 11.2 Å². The minimum Gasteiger partial charge on any atom is -0.444 e. The highest BCUT2D eigenvalue weighted by molar-refractivity contribution is 5.83. The molecule has 0 bridgehead atoms. The molecule has 3 aromatic heterocycles. The summed E-state index contributed by atoms with van der Waals surface area (Å²) in [5.74, 6) is 0.289. The molecular formula is C29H32F2N8O2. The maximum Gasteiger partial charge on any atom is 0.410 e. The number of imidazole rings is 1. The van der Waals surface area contributed by atoms with Crippen LogP contribution in [0.3, 0.4) is 0 Å². The molecule has 0 aliphatic carbocycles. The molecule has 12 heteroatoms. The van der Waals surface area contributed by atoms with Gasteiger partial charge in [-0.1, -0.05) is 0 Å². The van der Waals surface area contributed by atoms with E-state index in [2.05, 4.69) is 37.1 Å². The summed E-state index contributed by atoms with van der Waals surface area (Å²) in [6.07, 6.45) is 4.21. The number of ether oxygens (including phenoxy) is 1. The van der Waals surface area contributed by atoms with Gasteiger partial charge in [-0.3, -0.25) is 0 Å². The molecule has 0 spiro atoms. The van der Waals surface area contributed by atoms with E-state index >= 15 is 4.39 Å². The van der Waals surface area contributed by atoms with E-state index in [0.29, 0.717) is 48.6 Å². The van der Waals surface area contributed by atoms with Crippen molar-refractivity contribution in [1.82, 2.24) is 29.4 Å². The van der Waals surface area contributed by atoms with Crippen molar-refractivity contribution in [2.45, 2.75) is 52.2 Å². The standard InChI is InChI=1S/C29H32F2N8O2/c1-17-5-8-24-35-26-20(30)13-18(14-22(26)39(17)24)25-21(31)16-33-27(36-25)34-23-7-6-19(15-32-23)37-9-11-38(12-10-37)28(40)41-29(2,3)4/h6-7,13-17H,5,8-12H2,1-4H3,(H,32,33,34,36). The first-order chi connectivity index (χ1) is 19.6. The van der Waals surface area contributed by atoms with Crippen molar-refractivity contribution in [3.63, 3.8) is 0 Å². The number of nitrogens with zero attached hydrogens (tertiary/aromatic N) is 7. The van der Waals surface area contributed by atoms with Gasteiger partial charge in [0.1, 0.15) is 28.5 Å². The lowest BCUT2D eigenvalue weighted by molar-refractivity contribution is 0.0240. The van der Waals surface area contributed by atoms with Gasteiger partial charge in [0.2, 0.25) is 5.95 Å². The van der Waals surface area contributed by atoms with Crippen LogP contribution in [0, 0.1) is 11.6 Å². The second-order valence-corrected chi connectivity index (χ2v) is 11.5. The van der Waals surface area contributed by atoms with Crippen molar-refractivity contribution in [2.24, 2.45) is 0 Å². The molecule has 0 radical (unpaired) electrons. The predicted molar refractivity (Wildman–Crippen MR) is 151 cm³/mol. The van der Waals surface area contributed by atoms with Crippen LogP contribution in [0.15, 0.2) is 36.7 Å². The van der Waals surface area contributed by atoms with E-state index in [0.717, 1.165) is 30.6 Å². The van der Waals surface area contributed by atoms with Gasteiger partial charge in [0, 0.05) is 44.2 Å². The Kier molecular flexibility index (Phi) is 6.71. The summed E-state index contributed by atoms with van der Waals surface area (Å²) in [6, 6.07) is 6.89. The van der Waals surface area contributed by atoms with Crippen LogP contribution in [0.1, 0.15) is 46.0 Å². The monoisotopic (exact) mass is 562 g/mol. The second kappa shape index (κ2) is 10.2. The smallest absolute Gasteiger partial charge is 0.410 e. The number of amides is 1. The number of benzene rings is 1. The summed E-state index contributed by atoms with van der Waals surface area (Å²) >= 11 is 0. The van der Waals surface area contributed by atoms with E-state index in [4.69, 9.17) is 4.74 Å². The fourth-order valence-electron chi connectivity index (χ4n) is 5.34. The number of nitrogens with one attached hydrogen (secondary N) is 1. The van der Waals surface area contributed by atoms with Crippen molar-refractivity contribution < 1.29 is 18.3 Å². The number of hydrogen-bond donors (Lipinski definition) is 1. The van der Waals surface area contributed by atoms with Crippen molar-refractivity contribution in [1.29, 1.82) is 0 Å². The molecule has 2 aliphatic rings. The molecule has 1 fully saturated rings. The first-order valence-electron chi connectivity index (χ1n) is 13.7. The van der Waals surface area contributed by atoms with Gasteiger partial charge in [0.15, 0.2) is 11.6 Å². The number of rotatable bonds is 4. The van der Waals surface area contributed by atoms with Gasteiger partial charge < -0.3 is 24.4 Å². The fourth-order valence-corrected chi connectivity index (χ4v) is 5.34. The summed E-state index contributed by atoms with van der Waals surface area (Å²) in [4.78, 5) is 33.5. The zero-order valence-electron chi connectivity index (χ0n) is 23.5. The van der Waals surface area contributed by atoms with Gasteiger partial charge >= 0.3 is 6.09 Å². The number of halogens is 2. The van der Waals surface area contributed by atoms with Crippen LogP contribution >= 0.6 is 0 Å². The Bertz CT molecular complexity index is 1610. The average Bonchev–Trinajstić information content (AvgIpc) is 3.49. The zero-order valence-corrected chi connectivity index (χ0v) is 23.5. The SMILES string of the molecule is CC1CCc2nc3c(F)cc(-c4nc(Nc5ccc(N6CCN(C(=O)OC(C)(C)C)CC6)cn5)ncc4F)cc3n21. The molecule has 6 rings (SSSR count). The van der Waals surface area contributed by atoms with Crippen LogP contribution in [0.2, 0.25) is 0 Å². The number of carbonyl (C=O) groups is 1. The van der Waals surface area contributed by atoms with Crippen molar-refractivity contribution in [3.05, 3.63) is 54.1 Å². The Morgan fingerprint density at radius 3 is 2.51 bits per heavy atom. The van der Waals surface area contributed by atoms with Gasteiger partial charge in [-0.15, -0.1) is 0 Å². The lowest BCUT2D eigenvalue weighted by Crippen LogP contribution is -2.50. The lowest BCUT2D eigenvalue weighted by atomic mass is 10.1. The highest BCUT2D eigenvalue weighted by Crippen LogP contribution is 2.34. The molecule has 1 atom stereocenters. The molecular weight excluding hydrogens is 530 g/mol. The van der Waals surface area contributed by atoms with E-state index in [9.17, 15) is 9.18 Å². The Morgan fingerprint density at radius 1 is 1.02 bits per heavy atom. The molecule has 1 unspecified atom stereocenters. The highest BCUT2D eigenvalue weighted by atomic mass is 19.1. The van der Waals surface area contributed by atoms with Gasteiger partial charge in [-0.2, -0.15) is 0 Å². The fraction of sp³-hybridized carbons (Fsp3) is 0.414. The van der Waals surface area contributed by atoms with Gasteiger partial charge in [-0.25, -0.2) is 33.5 Å². The van der Waals surface area contributed by atoms with E-state index in [1.807, 2.05) is 31.4 Å². The predicted octanol–water partition coefficient (Wildman–Crippen LogP) is 5.47. The van der Waals surface area contributed by atoms with Crippen LogP contribution in [0.5, 0.6) is 0 Å². The van der Waals surface area contributed by atoms with Crippen LogP contribution in [0.25, 0.3) is 22.3 Å². The molecule has 1 N–H and O–H groups in total. The topological polar surface area (TPSA) is 101 Å². The minimum absolute atomic E-state index is 0.0102. The van der Waals surface area contributed by atoms with Crippen molar-refractivity contribution in [2.75, 3.05) is 36.4 Å². The third kappa shape index (κ3) is 5.38. The summed E-state index contributed by atoms with van der Waals surface area (Å²) in [6.45, 7) is 10.0. The normalized spacial score (nSPS) is 17.2. The number of aryl methyl sites for hydroxylation is 1. The molecule has 2 aliphatic heterocycles. The van der Waals surface area contributed by atoms with Gasteiger partial charge in [-0.05, 0) is 58.4 Å². The number of fused-ring (bicyclic) bond motifs is 3. The highest BCUT2D eigenvalue weighted by Gasteiger charge is 2.27. The molecule has 0 saturated carbocycles. The van der Waals surface area contributed by atoms with Gasteiger partial charge in [0.25, 0.3) is 0 Å². The van der Waals surface area contributed by atoms with Gasteiger partial charge in [0.05, 0.1) is 23.6 Å². The van der Waals surface area contributed by atoms with E-state index in [1.165, 1.54) is 6.07 Å². The molecule has 1 aromatic carbocycles. The first kappa shape index (κ1) is 26.9. The van der Waals surface area contributed by atoms with Crippen LogP contribution in [0.4, 0.5) is 31.0 Å². The first-order valence-corrected chi connectivity index (χ1v) is 13.7. The molecule has 214 valence electrons. The molecule has 41 heavy (non-hydrogen) atoms. The maximum absolute atomic E-state index is 15.0. The third-order valence-electron chi connectivity index (χ3n) is 7.35. The second-order valence-electron chi connectivity index (χ2n) is 11.5. The molecule has 4 aromatic rings. The Balaban J connectivity index is 1.16. The Morgan fingerprint density at radius 2 is 1.80 bits per heavy atom. The molecule has 10 nitrogen and oxygen atoms in total. The Labute approximate surface area is 236 Å². The Hall–Kier alpha value is -4.35. The number of hydrogen-bond acceptors (Lipinski definition) is 8. The largest absolute Gasteiger partial charge is 0.444 e. The average molecular weight is 563 g/mol. The molecule has 1 saturated heterocycles. The van der Waals surface area contributed by atoms with E-state index in [-0.39, 0.29) is 23.8 Å². The summed E-state index contributed by atoms with van der Waals surface area (Å²) in [7, 11) is 0. The van der Waals surface area contributed by atoms with E-state index in [1.54, 1.807) is 23.2 Å². The minimum atomic E-state index is -0.655. The number of carbonyl (C=O) groups excluding carboxylic acids is 1. The summed E-state index contributed by atoms with van der Waals surface area (Å²) < 4.78 is 37.4. The summed E-state index contributed by atoms with van der Waals surface area (Å²) in [5.41, 5.74) is 1.61. The number of pyridine rings is 1.